The van der Waals surface area contributed by atoms with Crippen molar-refractivity contribution in [3.05, 3.63) is 71.3 Å². The summed E-state index contributed by atoms with van der Waals surface area (Å²) in [7, 11) is 0. The fourth-order valence-electron chi connectivity index (χ4n) is 3.75. The number of thiocarbonyl (C=S) groups is 1. The van der Waals surface area contributed by atoms with Gasteiger partial charge in [-0.05, 0) is 73.6 Å². The van der Waals surface area contributed by atoms with E-state index in [1.165, 1.54) is 42.0 Å². The summed E-state index contributed by atoms with van der Waals surface area (Å²) in [6.45, 7) is 3.61. The molecule has 1 saturated carbocycles. The molecule has 0 unspecified atom stereocenters. The van der Waals surface area contributed by atoms with Crippen LogP contribution in [0.3, 0.4) is 0 Å². The van der Waals surface area contributed by atoms with Crippen molar-refractivity contribution in [2.45, 2.75) is 24.9 Å². The molecule has 0 amide bonds. The van der Waals surface area contributed by atoms with Gasteiger partial charge in [0.25, 0.3) is 0 Å². The lowest BCUT2D eigenvalue weighted by molar-refractivity contribution is -0.929. The molecule has 0 radical (unpaired) electrons. The predicted molar refractivity (Wildman–Crippen MR) is 106 cm³/mol. The molecule has 4 rings (SSSR count). The molecule has 1 heterocycles. The van der Waals surface area contributed by atoms with Crippen molar-refractivity contribution < 1.29 is 13.7 Å². The van der Waals surface area contributed by atoms with Crippen LogP contribution in [0.2, 0.25) is 0 Å². The summed E-state index contributed by atoms with van der Waals surface area (Å²) >= 11 is 5.53. The maximum atomic E-state index is 13.4. The highest BCUT2D eigenvalue weighted by Gasteiger charge is 2.32. The van der Waals surface area contributed by atoms with Crippen LogP contribution in [-0.2, 0) is 0 Å². The molecular formula is C21H24F2N3S+. The Labute approximate surface area is 164 Å². The third kappa shape index (κ3) is 4.45. The van der Waals surface area contributed by atoms with Gasteiger partial charge in [0.1, 0.15) is 17.7 Å². The van der Waals surface area contributed by atoms with E-state index in [4.69, 9.17) is 12.2 Å². The van der Waals surface area contributed by atoms with Crippen LogP contribution in [0.15, 0.2) is 48.5 Å². The topological polar surface area (TPSA) is 19.7 Å². The Morgan fingerprint density at radius 3 is 1.85 bits per heavy atom. The van der Waals surface area contributed by atoms with Gasteiger partial charge in [-0.15, -0.1) is 0 Å². The van der Waals surface area contributed by atoms with E-state index in [1.54, 1.807) is 0 Å². The largest absolute Gasteiger partial charge is 0.360 e. The van der Waals surface area contributed by atoms with Crippen molar-refractivity contribution in [1.29, 1.82) is 0 Å². The fraction of sp³-hybridized carbons (Fsp3) is 0.381. The molecule has 0 spiro atoms. The zero-order valence-electron chi connectivity index (χ0n) is 15.1. The quantitative estimate of drug-likeness (QED) is 0.785. The zero-order valence-corrected chi connectivity index (χ0v) is 15.9. The predicted octanol–water partition coefficient (Wildman–Crippen LogP) is 2.29. The minimum Gasteiger partial charge on any atom is -0.360 e. The number of nitrogens with one attached hydrogen (secondary N) is 2. The smallest absolute Gasteiger partial charge is 0.169 e. The van der Waals surface area contributed by atoms with Crippen LogP contribution in [0.4, 0.5) is 8.78 Å². The lowest BCUT2D eigenvalue weighted by Gasteiger charge is -2.38. The van der Waals surface area contributed by atoms with E-state index < -0.39 is 0 Å². The molecule has 1 saturated heterocycles. The molecule has 2 aromatic carbocycles. The summed E-state index contributed by atoms with van der Waals surface area (Å²) in [4.78, 5) is 3.63. The van der Waals surface area contributed by atoms with Gasteiger partial charge in [0.05, 0.1) is 26.2 Å². The molecule has 1 aliphatic carbocycles. The zero-order chi connectivity index (χ0) is 18.8. The van der Waals surface area contributed by atoms with Gasteiger partial charge < -0.3 is 15.1 Å². The van der Waals surface area contributed by atoms with Crippen LogP contribution in [0, 0.1) is 11.6 Å². The number of quaternary nitrogens is 1. The minimum absolute atomic E-state index is 0.0540. The van der Waals surface area contributed by atoms with Crippen molar-refractivity contribution in [3.63, 3.8) is 0 Å². The van der Waals surface area contributed by atoms with Gasteiger partial charge in [-0.1, -0.05) is 0 Å². The van der Waals surface area contributed by atoms with Crippen LogP contribution in [0.5, 0.6) is 0 Å². The molecule has 2 aromatic rings. The first-order chi connectivity index (χ1) is 13.1. The molecule has 0 atom stereocenters. The Bertz CT molecular complexity index is 737. The summed E-state index contributed by atoms with van der Waals surface area (Å²) in [5, 5.41) is 4.27. The monoisotopic (exact) mass is 388 g/mol. The van der Waals surface area contributed by atoms with Gasteiger partial charge >= 0.3 is 0 Å². The summed E-state index contributed by atoms with van der Waals surface area (Å²) in [6.07, 6.45) is 2.42. The number of rotatable bonds is 4. The van der Waals surface area contributed by atoms with Gasteiger partial charge in [-0.2, -0.15) is 0 Å². The third-order valence-electron chi connectivity index (χ3n) is 5.41. The molecule has 6 heteroatoms. The van der Waals surface area contributed by atoms with E-state index in [-0.39, 0.29) is 17.7 Å². The summed E-state index contributed by atoms with van der Waals surface area (Å²) < 4.78 is 26.8. The second-order valence-corrected chi connectivity index (χ2v) is 7.79. The van der Waals surface area contributed by atoms with E-state index >= 15 is 0 Å². The van der Waals surface area contributed by atoms with Crippen LogP contribution >= 0.6 is 12.2 Å². The minimum atomic E-state index is -0.243. The summed E-state index contributed by atoms with van der Waals surface area (Å²) in [5.41, 5.74) is 2.09. The van der Waals surface area contributed by atoms with Gasteiger partial charge in [-0.25, -0.2) is 8.78 Å². The SMILES string of the molecule is Fc1ccc(C(c2ccc(F)cc2)[NH+]2CCN(C(=S)NC3CC3)CC2)cc1. The number of nitrogens with zero attached hydrogens (tertiary/aromatic N) is 1. The number of hydrogen-bond donors (Lipinski definition) is 2. The van der Waals surface area contributed by atoms with Gasteiger partial charge in [-0.3, -0.25) is 0 Å². The molecule has 27 heavy (non-hydrogen) atoms. The number of benzene rings is 2. The van der Waals surface area contributed by atoms with E-state index in [9.17, 15) is 8.78 Å². The van der Waals surface area contributed by atoms with Crippen LogP contribution in [0.25, 0.3) is 0 Å². The highest BCUT2D eigenvalue weighted by atomic mass is 32.1. The number of halogens is 2. The molecule has 2 fully saturated rings. The van der Waals surface area contributed by atoms with Gasteiger partial charge in [0.15, 0.2) is 5.11 Å². The number of piperazine rings is 1. The highest BCUT2D eigenvalue weighted by molar-refractivity contribution is 7.80. The van der Waals surface area contributed by atoms with Gasteiger partial charge in [0, 0.05) is 17.2 Å². The fourth-order valence-corrected chi connectivity index (χ4v) is 4.10. The maximum Gasteiger partial charge on any atom is 0.169 e. The third-order valence-corrected chi connectivity index (χ3v) is 5.79. The summed E-state index contributed by atoms with van der Waals surface area (Å²) in [5.74, 6) is -0.485. The van der Waals surface area contributed by atoms with Crippen molar-refractivity contribution in [2.24, 2.45) is 0 Å². The number of hydrogen-bond acceptors (Lipinski definition) is 1. The van der Waals surface area contributed by atoms with E-state index in [1.807, 2.05) is 24.3 Å². The lowest BCUT2D eigenvalue weighted by atomic mass is 9.96. The Morgan fingerprint density at radius 1 is 0.926 bits per heavy atom. The standard InChI is InChI=1S/C21H23F2N3S/c22-17-5-1-15(2-6-17)20(16-3-7-18(23)8-4-16)25-11-13-26(14-12-25)21(27)24-19-9-10-19/h1-8,19-20H,9-14H2,(H,24,27)/p+1. The van der Waals surface area contributed by atoms with E-state index in [2.05, 4.69) is 10.2 Å². The molecule has 1 aliphatic heterocycles. The van der Waals surface area contributed by atoms with Gasteiger partial charge in [0.2, 0.25) is 0 Å². The molecular weight excluding hydrogens is 364 g/mol. The van der Waals surface area contributed by atoms with E-state index in [0.29, 0.717) is 6.04 Å². The van der Waals surface area contributed by atoms with Crippen LogP contribution < -0.4 is 10.2 Å². The summed E-state index contributed by atoms with van der Waals surface area (Å²) in [6, 6.07) is 13.9. The van der Waals surface area contributed by atoms with Crippen LogP contribution in [0.1, 0.15) is 30.0 Å². The first kappa shape index (κ1) is 18.3. The molecule has 0 aromatic heterocycles. The molecule has 2 N–H and O–H groups in total. The normalized spacial score (nSPS) is 18.0. The Balaban J connectivity index is 1.51. The Hall–Kier alpha value is -2.05. The Morgan fingerprint density at radius 2 is 1.41 bits per heavy atom. The second-order valence-electron chi connectivity index (χ2n) is 7.41. The maximum absolute atomic E-state index is 13.4. The Kier molecular flexibility index (Phi) is 5.36. The molecule has 3 nitrogen and oxygen atoms in total. The first-order valence-corrected chi connectivity index (χ1v) is 9.92. The van der Waals surface area contributed by atoms with E-state index in [0.717, 1.165) is 42.4 Å². The average molecular weight is 389 g/mol. The second kappa shape index (κ2) is 7.90. The molecule has 2 aliphatic rings. The van der Waals surface area contributed by atoms with Crippen molar-refractivity contribution in [3.8, 4) is 0 Å². The molecule has 142 valence electrons. The van der Waals surface area contributed by atoms with Crippen molar-refractivity contribution >= 4 is 17.3 Å². The van der Waals surface area contributed by atoms with Crippen molar-refractivity contribution in [1.82, 2.24) is 10.2 Å². The molecule has 0 bridgehead atoms. The lowest BCUT2D eigenvalue weighted by Crippen LogP contribution is -3.15. The first-order valence-electron chi connectivity index (χ1n) is 9.51. The highest BCUT2D eigenvalue weighted by Crippen LogP contribution is 2.21. The van der Waals surface area contributed by atoms with Crippen LogP contribution in [-0.4, -0.2) is 42.2 Å². The average Bonchev–Trinajstić information content (AvgIpc) is 3.49. The van der Waals surface area contributed by atoms with Crippen molar-refractivity contribution in [2.75, 3.05) is 26.2 Å².